The molecule has 2 nitrogen and oxygen atoms in total. The van der Waals surface area contributed by atoms with Gasteiger partial charge < -0.3 is 5.32 Å². The van der Waals surface area contributed by atoms with Crippen LogP contribution in [0, 0.1) is 0 Å². The van der Waals surface area contributed by atoms with Gasteiger partial charge in [0.15, 0.2) is 0 Å². The van der Waals surface area contributed by atoms with E-state index in [2.05, 4.69) is 71.7 Å². The Balaban J connectivity index is 1.76. The van der Waals surface area contributed by atoms with Gasteiger partial charge >= 0.3 is 0 Å². The average molecular weight is 342 g/mol. The van der Waals surface area contributed by atoms with Crippen LogP contribution in [0.1, 0.15) is 31.4 Å². The van der Waals surface area contributed by atoms with E-state index in [1.165, 1.54) is 50.7 Å². The van der Waals surface area contributed by atoms with Crippen molar-refractivity contribution in [2.45, 2.75) is 25.8 Å². The molecule has 0 radical (unpaired) electrons. The van der Waals surface area contributed by atoms with Gasteiger partial charge in [-0.1, -0.05) is 67.9 Å². The Morgan fingerprint density at radius 2 is 1.50 bits per heavy atom. The molecule has 1 aliphatic heterocycles. The third-order valence-electron chi connectivity index (χ3n) is 6.08. The zero-order chi connectivity index (χ0) is 17.5. The number of nitrogens with one attached hydrogen (secondary N) is 1. The minimum atomic E-state index is 0.520. The summed E-state index contributed by atoms with van der Waals surface area (Å²) in [6, 6.07) is 21.1. The van der Waals surface area contributed by atoms with Crippen LogP contribution in [-0.4, -0.2) is 31.1 Å². The number of piperazine rings is 1. The Kier molecular flexibility index (Phi) is 4.03. The lowest BCUT2D eigenvalue weighted by Gasteiger charge is -2.36. The zero-order valence-electron chi connectivity index (χ0n) is 15.5. The molecular weight excluding hydrogens is 316 g/mol. The van der Waals surface area contributed by atoms with Crippen LogP contribution >= 0.6 is 0 Å². The monoisotopic (exact) mass is 342 g/mol. The van der Waals surface area contributed by atoms with E-state index in [1.54, 1.807) is 0 Å². The highest BCUT2D eigenvalue weighted by atomic mass is 15.2. The second kappa shape index (κ2) is 6.53. The molecule has 0 unspecified atom stereocenters. The average Bonchev–Trinajstić information content (AvgIpc) is 2.71. The fourth-order valence-electron chi connectivity index (χ4n) is 4.85. The van der Waals surface area contributed by atoms with E-state index in [0.717, 1.165) is 26.2 Å². The van der Waals surface area contributed by atoms with Crippen LogP contribution < -0.4 is 5.32 Å². The van der Waals surface area contributed by atoms with Gasteiger partial charge in [0.1, 0.15) is 0 Å². The molecule has 0 aliphatic carbocycles. The van der Waals surface area contributed by atoms with Gasteiger partial charge in [-0.15, -0.1) is 0 Å². The molecule has 132 valence electrons. The van der Waals surface area contributed by atoms with Crippen molar-refractivity contribution >= 4 is 32.3 Å². The summed E-state index contributed by atoms with van der Waals surface area (Å²) < 4.78 is 0. The summed E-state index contributed by atoms with van der Waals surface area (Å²) in [4.78, 5) is 2.69. The van der Waals surface area contributed by atoms with Crippen molar-refractivity contribution in [3.8, 4) is 0 Å². The molecule has 0 spiro atoms. The van der Waals surface area contributed by atoms with Crippen LogP contribution in [0.4, 0.5) is 0 Å². The van der Waals surface area contributed by atoms with Gasteiger partial charge in [0, 0.05) is 32.2 Å². The Morgan fingerprint density at radius 1 is 0.846 bits per heavy atom. The number of hydrogen-bond donors (Lipinski definition) is 1. The van der Waals surface area contributed by atoms with Crippen molar-refractivity contribution in [3.05, 3.63) is 60.2 Å². The largest absolute Gasteiger partial charge is 0.314 e. The molecule has 1 fully saturated rings. The maximum Gasteiger partial charge on any atom is 0.0355 e. The lowest BCUT2D eigenvalue weighted by Crippen LogP contribution is -2.45. The van der Waals surface area contributed by atoms with Crippen LogP contribution in [0.25, 0.3) is 32.3 Å². The molecule has 2 heteroatoms. The number of benzene rings is 4. The third kappa shape index (κ3) is 2.48. The Hall–Kier alpha value is -2.16. The summed E-state index contributed by atoms with van der Waals surface area (Å²) in [5.41, 5.74) is 1.51. The van der Waals surface area contributed by atoms with E-state index < -0.39 is 0 Å². The number of nitrogens with zero attached hydrogens (tertiary/aromatic N) is 1. The molecule has 0 aromatic heterocycles. The van der Waals surface area contributed by atoms with Gasteiger partial charge in [-0.2, -0.15) is 0 Å². The van der Waals surface area contributed by atoms with E-state index in [1.807, 2.05) is 0 Å². The maximum absolute atomic E-state index is 3.50. The smallest absolute Gasteiger partial charge is 0.0355 e. The first-order valence-electron chi connectivity index (χ1n) is 9.98. The Bertz CT molecular complexity index is 1030. The van der Waals surface area contributed by atoms with Crippen molar-refractivity contribution < 1.29 is 0 Å². The van der Waals surface area contributed by atoms with E-state index in [9.17, 15) is 0 Å². The standard InChI is InChI=1S/C24H26N2/c1-2-4-22(26-15-13-25-14-16-26)20-11-9-19-8-7-17-5-3-6-18-10-12-21(20)24(19)23(17)18/h3,5-12,22,25H,2,4,13-16H2,1H3/t22-/m0/s1. The third-order valence-corrected chi connectivity index (χ3v) is 6.08. The second-order valence-electron chi connectivity index (χ2n) is 7.60. The molecule has 1 heterocycles. The highest BCUT2D eigenvalue weighted by Gasteiger charge is 2.24. The van der Waals surface area contributed by atoms with Crippen LogP contribution in [0.15, 0.2) is 54.6 Å². The quantitative estimate of drug-likeness (QED) is 0.504. The van der Waals surface area contributed by atoms with E-state index >= 15 is 0 Å². The fourth-order valence-corrected chi connectivity index (χ4v) is 4.85. The molecule has 1 saturated heterocycles. The molecule has 4 aromatic rings. The van der Waals surface area contributed by atoms with Gasteiger partial charge in [-0.3, -0.25) is 4.90 Å². The van der Waals surface area contributed by atoms with E-state index in [-0.39, 0.29) is 0 Å². The molecule has 0 saturated carbocycles. The lowest BCUT2D eigenvalue weighted by molar-refractivity contribution is 0.165. The highest BCUT2D eigenvalue weighted by molar-refractivity contribution is 6.23. The Labute approximate surface area is 155 Å². The first-order valence-corrected chi connectivity index (χ1v) is 9.98. The summed E-state index contributed by atoms with van der Waals surface area (Å²) in [6.07, 6.45) is 2.44. The van der Waals surface area contributed by atoms with Crippen molar-refractivity contribution in [1.82, 2.24) is 10.2 Å². The van der Waals surface area contributed by atoms with Gasteiger partial charge in [0.25, 0.3) is 0 Å². The highest BCUT2D eigenvalue weighted by Crippen LogP contribution is 2.39. The lowest BCUT2D eigenvalue weighted by atomic mass is 9.88. The Morgan fingerprint density at radius 3 is 2.23 bits per heavy atom. The minimum absolute atomic E-state index is 0.520. The molecule has 0 amide bonds. The summed E-state index contributed by atoms with van der Waals surface area (Å²) in [5.74, 6) is 0. The van der Waals surface area contributed by atoms with Crippen LogP contribution in [-0.2, 0) is 0 Å². The first-order chi connectivity index (χ1) is 12.9. The second-order valence-corrected chi connectivity index (χ2v) is 7.60. The molecular formula is C24H26N2. The first kappa shape index (κ1) is 16.0. The van der Waals surface area contributed by atoms with Crippen molar-refractivity contribution in [1.29, 1.82) is 0 Å². The summed E-state index contributed by atoms with van der Waals surface area (Å²) in [5, 5.41) is 11.9. The van der Waals surface area contributed by atoms with Crippen molar-refractivity contribution in [3.63, 3.8) is 0 Å². The van der Waals surface area contributed by atoms with Gasteiger partial charge in [-0.25, -0.2) is 0 Å². The molecule has 1 atom stereocenters. The molecule has 4 aromatic carbocycles. The van der Waals surface area contributed by atoms with E-state index in [4.69, 9.17) is 0 Å². The summed E-state index contributed by atoms with van der Waals surface area (Å²) in [6.45, 7) is 6.81. The fraction of sp³-hybridized carbons (Fsp3) is 0.333. The zero-order valence-corrected chi connectivity index (χ0v) is 15.5. The van der Waals surface area contributed by atoms with Crippen LogP contribution in [0.3, 0.4) is 0 Å². The maximum atomic E-state index is 3.50. The topological polar surface area (TPSA) is 15.3 Å². The van der Waals surface area contributed by atoms with E-state index in [0.29, 0.717) is 6.04 Å². The predicted octanol–water partition coefficient (Wildman–Crippen LogP) is 5.33. The number of hydrogen-bond acceptors (Lipinski definition) is 2. The van der Waals surface area contributed by atoms with Crippen LogP contribution in [0.2, 0.25) is 0 Å². The molecule has 0 bridgehead atoms. The van der Waals surface area contributed by atoms with Gasteiger partial charge in [0.05, 0.1) is 0 Å². The molecule has 5 rings (SSSR count). The summed E-state index contributed by atoms with van der Waals surface area (Å²) in [7, 11) is 0. The molecule has 1 N–H and O–H groups in total. The van der Waals surface area contributed by atoms with Gasteiger partial charge in [-0.05, 0) is 44.3 Å². The van der Waals surface area contributed by atoms with Crippen molar-refractivity contribution in [2.75, 3.05) is 26.2 Å². The number of rotatable bonds is 4. The van der Waals surface area contributed by atoms with Gasteiger partial charge in [0.2, 0.25) is 0 Å². The molecule has 1 aliphatic rings. The summed E-state index contributed by atoms with van der Waals surface area (Å²) >= 11 is 0. The normalized spacial score (nSPS) is 17.4. The predicted molar refractivity (Wildman–Crippen MR) is 112 cm³/mol. The molecule has 26 heavy (non-hydrogen) atoms. The minimum Gasteiger partial charge on any atom is -0.314 e. The van der Waals surface area contributed by atoms with Crippen LogP contribution in [0.5, 0.6) is 0 Å². The SMILES string of the molecule is CCC[C@@H](c1ccc2ccc3cccc4ccc1c2c34)N1CCNCC1. The van der Waals surface area contributed by atoms with Crippen molar-refractivity contribution in [2.24, 2.45) is 0 Å².